The molecular formula is C16H21FN2O3. The smallest absolute Gasteiger partial charge is 0.312 e. The molecule has 5 nitrogen and oxygen atoms in total. The van der Waals surface area contributed by atoms with Gasteiger partial charge in [-0.25, -0.2) is 4.39 Å². The third-order valence-corrected chi connectivity index (χ3v) is 3.51. The molecule has 0 bridgehead atoms. The summed E-state index contributed by atoms with van der Waals surface area (Å²) in [6, 6.07) is 6.07. The number of rotatable bonds is 3. The summed E-state index contributed by atoms with van der Waals surface area (Å²) in [5.74, 6) is -1.43. The molecule has 1 aliphatic rings. The predicted octanol–water partition coefficient (Wildman–Crippen LogP) is 1.12. The van der Waals surface area contributed by atoms with E-state index in [-0.39, 0.29) is 18.0 Å². The van der Waals surface area contributed by atoms with Gasteiger partial charge in [-0.05, 0) is 38.0 Å². The lowest BCUT2D eigenvalue weighted by Crippen LogP contribution is -2.52. The van der Waals surface area contributed by atoms with Crippen molar-refractivity contribution < 1.29 is 18.7 Å². The Bertz CT molecular complexity index is 523. The maximum atomic E-state index is 12.8. The van der Waals surface area contributed by atoms with Crippen LogP contribution in [0.5, 0.6) is 0 Å². The Kier molecular flexibility index (Phi) is 5.49. The van der Waals surface area contributed by atoms with Gasteiger partial charge in [-0.15, -0.1) is 0 Å². The molecule has 1 N–H and O–H groups in total. The summed E-state index contributed by atoms with van der Waals surface area (Å²) in [4.78, 5) is 25.5. The van der Waals surface area contributed by atoms with Crippen molar-refractivity contribution in [3.05, 3.63) is 35.6 Å². The largest absolute Gasteiger partial charge is 0.372 e. The van der Waals surface area contributed by atoms with Gasteiger partial charge >= 0.3 is 11.8 Å². The number of nitrogens with zero attached hydrogens (tertiary/aromatic N) is 1. The highest BCUT2D eigenvalue weighted by atomic mass is 19.1. The van der Waals surface area contributed by atoms with Crippen molar-refractivity contribution in [2.45, 2.75) is 32.5 Å². The maximum absolute atomic E-state index is 12.8. The Labute approximate surface area is 129 Å². The molecule has 1 aromatic carbocycles. The lowest BCUT2D eigenvalue weighted by molar-refractivity contribution is -0.153. The number of hydrogen-bond donors (Lipinski definition) is 1. The van der Waals surface area contributed by atoms with Crippen molar-refractivity contribution in [2.24, 2.45) is 0 Å². The molecule has 1 heterocycles. The first-order chi connectivity index (χ1) is 10.5. The molecule has 2 unspecified atom stereocenters. The molecule has 2 rings (SSSR count). The molecule has 0 aliphatic carbocycles. The fraction of sp³-hybridized carbons (Fsp3) is 0.500. The van der Waals surface area contributed by atoms with Crippen LogP contribution in [0.4, 0.5) is 4.39 Å². The van der Waals surface area contributed by atoms with Gasteiger partial charge in [-0.1, -0.05) is 12.1 Å². The number of nitrogens with one attached hydrogen (secondary N) is 1. The molecule has 1 saturated heterocycles. The van der Waals surface area contributed by atoms with Crippen LogP contribution in [-0.2, 0) is 20.7 Å². The van der Waals surface area contributed by atoms with Crippen LogP contribution in [0.3, 0.4) is 0 Å². The molecule has 1 aliphatic heterocycles. The van der Waals surface area contributed by atoms with Crippen LogP contribution in [0.2, 0.25) is 0 Å². The van der Waals surface area contributed by atoms with E-state index in [1.807, 2.05) is 13.8 Å². The molecule has 2 atom stereocenters. The molecule has 1 fully saturated rings. The number of carbonyl (C=O) groups excluding carboxylic acids is 2. The number of hydrogen-bond acceptors (Lipinski definition) is 3. The summed E-state index contributed by atoms with van der Waals surface area (Å²) in [5.41, 5.74) is 0.905. The highest BCUT2D eigenvalue weighted by molar-refractivity contribution is 6.35. The number of carbonyl (C=O) groups is 2. The maximum Gasteiger partial charge on any atom is 0.312 e. The summed E-state index contributed by atoms with van der Waals surface area (Å²) in [7, 11) is 0. The summed E-state index contributed by atoms with van der Waals surface area (Å²) in [6.45, 7) is 4.94. The number of amides is 2. The molecule has 2 amide bonds. The second-order valence-corrected chi connectivity index (χ2v) is 5.60. The third-order valence-electron chi connectivity index (χ3n) is 3.51. The summed E-state index contributed by atoms with van der Waals surface area (Å²) >= 11 is 0. The van der Waals surface area contributed by atoms with E-state index in [9.17, 15) is 14.0 Å². The van der Waals surface area contributed by atoms with Crippen LogP contribution < -0.4 is 5.32 Å². The minimum Gasteiger partial charge on any atom is -0.372 e. The number of ether oxygens (including phenoxy) is 1. The normalized spacial score (nSPS) is 21.5. The SMILES string of the molecule is CC1CN(C(=O)C(=O)NCCc2ccc(F)cc2)CC(C)O1. The zero-order chi connectivity index (χ0) is 16.1. The van der Waals surface area contributed by atoms with Gasteiger partial charge < -0.3 is 15.0 Å². The topological polar surface area (TPSA) is 58.6 Å². The van der Waals surface area contributed by atoms with Crippen LogP contribution in [0.25, 0.3) is 0 Å². The van der Waals surface area contributed by atoms with Crippen molar-refractivity contribution in [1.29, 1.82) is 0 Å². The highest BCUT2D eigenvalue weighted by Gasteiger charge is 2.29. The Morgan fingerprint density at radius 2 is 1.82 bits per heavy atom. The molecule has 22 heavy (non-hydrogen) atoms. The average Bonchev–Trinajstić information content (AvgIpc) is 2.47. The van der Waals surface area contributed by atoms with Crippen molar-refractivity contribution in [3.8, 4) is 0 Å². The highest BCUT2D eigenvalue weighted by Crippen LogP contribution is 2.10. The van der Waals surface area contributed by atoms with Gasteiger partial charge in [0, 0.05) is 19.6 Å². The molecule has 0 radical (unpaired) electrons. The first-order valence-electron chi connectivity index (χ1n) is 7.42. The molecular weight excluding hydrogens is 287 g/mol. The Morgan fingerprint density at radius 3 is 2.41 bits per heavy atom. The second-order valence-electron chi connectivity index (χ2n) is 5.60. The molecule has 1 aromatic rings. The molecule has 6 heteroatoms. The average molecular weight is 308 g/mol. The van der Waals surface area contributed by atoms with Gasteiger partial charge in [0.1, 0.15) is 5.82 Å². The quantitative estimate of drug-likeness (QED) is 0.851. The molecule has 0 spiro atoms. The third kappa shape index (κ3) is 4.53. The Hall–Kier alpha value is -1.95. The molecule has 120 valence electrons. The molecule has 0 aromatic heterocycles. The summed E-state index contributed by atoms with van der Waals surface area (Å²) in [6.07, 6.45) is 0.411. The first-order valence-corrected chi connectivity index (χ1v) is 7.42. The van der Waals surface area contributed by atoms with E-state index in [1.165, 1.54) is 17.0 Å². The predicted molar refractivity (Wildman–Crippen MR) is 79.7 cm³/mol. The van der Waals surface area contributed by atoms with Gasteiger partial charge in [-0.3, -0.25) is 9.59 Å². The monoisotopic (exact) mass is 308 g/mol. The van der Waals surface area contributed by atoms with Gasteiger partial charge in [0.2, 0.25) is 0 Å². The lowest BCUT2D eigenvalue weighted by Gasteiger charge is -2.34. The minimum atomic E-state index is -0.608. The van der Waals surface area contributed by atoms with Crippen molar-refractivity contribution in [2.75, 3.05) is 19.6 Å². The first kappa shape index (κ1) is 16.4. The number of halogens is 1. The van der Waals surface area contributed by atoms with Crippen molar-refractivity contribution in [3.63, 3.8) is 0 Å². The van der Waals surface area contributed by atoms with Crippen molar-refractivity contribution >= 4 is 11.8 Å². The lowest BCUT2D eigenvalue weighted by atomic mass is 10.1. The Morgan fingerprint density at radius 1 is 1.23 bits per heavy atom. The minimum absolute atomic E-state index is 0.0697. The van der Waals surface area contributed by atoms with E-state index in [0.717, 1.165) is 5.56 Å². The zero-order valence-electron chi connectivity index (χ0n) is 12.8. The molecule has 0 saturated carbocycles. The number of benzene rings is 1. The van der Waals surface area contributed by atoms with E-state index in [2.05, 4.69) is 5.32 Å². The fourth-order valence-corrected chi connectivity index (χ4v) is 2.53. The van der Waals surface area contributed by atoms with Crippen LogP contribution in [0, 0.1) is 5.82 Å². The second kappa shape index (κ2) is 7.35. The number of morpholine rings is 1. The standard InChI is InChI=1S/C16H21FN2O3/c1-11-9-19(10-12(2)22-11)16(21)15(20)18-8-7-13-3-5-14(17)6-4-13/h3-6,11-12H,7-10H2,1-2H3,(H,18,20). The zero-order valence-corrected chi connectivity index (χ0v) is 12.8. The van der Waals surface area contributed by atoms with E-state index < -0.39 is 11.8 Å². The van der Waals surface area contributed by atoms with E-state index in [1.54, 1.807) is 12.1 Å². The van der Waals surface area contributed by atoms with Gasteiger partial charge in [0.15, 0.2) is 0 Å². The van der Waals surface area contributed by atoms with E-state index >= 15 is 0 Å². The Balaban J connectivity index is 1.79. The van der Waals surface area contributed by atoms with Crippen LogP contribution >= 0.6 is 0 Å². The fourth-order valence-electron chi connectivity index (χ4n) is 2.53. The van der Waals surface area contributed by atoms with Crippen LogP contribution in [-0.4, -0.2) is 48.6 Å². The summed E-state index contributed by atoms with van der Waals surface area (Å²) < 4.78 is 18.3. The van der Waals surface area contributed by atoms with Crippen LogP contribution in [0.1, 0.15) is 19.4 Å². The van der Waals surface area contributed by atoms with Gasteiger partial charge in [0.05, 0.1) is 12.2 Å². The van der Waals surface area contributed by atoms with E-state index in [0.29, 0.717) is 26.1 Å². The van der Waals surface area contributed by atoms with Gasteiger partial charge in [0.25, 0.3) is 0 Å². The summed E-state index contributed by atoms with van der Waals surface area (Å²) in [5, 5.41) is 2.61. The van der Waals surface area contributed by atoms with Gasteiger partial charge in [-0.2, -0.15) is 0 Å². The van der Waals surface area contributed by atoms with Crippen LogP contribution in [0.15, 0.2) is 24.3 Å². The van der Waals surface area contributed by atoms with Crippen molar-refractivity contribution in [1.82, 2.24) is 10.2 Å². The van der Waals surface area contributed by atoms with E-state index in [4.69, 9.17) is 4.74 Å².